The molecule has 0 bridgehead atoms. The van der Waals surface area contributed by atoms with Crippen LogP contribution in [0.2, 0.25) is 0 Å². The summed E-state index contributed by atoms with van der Waals surface area (Å²) >= 11 is 0. The molecule has 2 aromatic rings. The van der Waals surface area contributed by atoms with Crippen molar-refractivity contribution in [2.24, 2.45) is 5.92 Å². The molecule has 1 atom stereocenters. The largest absolute Gasteiger partial charge is 0.370 e. The number of pyridine rings is 1. The summed E-state index contributed by atoms with van der Waals surface area (Å²) in [7, 11) is 0. The molecular weight excluding hydrogens is 462 g/mol. The van der Waals surface area contributed by atoms with Gasteiger partial charge in [-0.05, 0) is 88.6 Å². The number of piperidine rings is 1. The first kappa shape index (κ1) is 27.2. The third-order valence-corrected chi connectivity index (χ3v) is 7.83. The molecule has 3 heterocycles. The molecule has 1 fully saturated rings. The molecule has 6 nitrogen and oxygen atoms in total. The van der Waals surface area contributed by atoms with E-state index in [4.69, 9.17) is 4.98 Å². The van der Waals surface area contributed by atoms with E-state index < -0.39 is 6.04 Å². The van der Waals surface area contributed by atoms with Crippen molar-refractivity contribution >= 4 is 23.2 Å². The Balaban J connectivity index is 1.27. The number of nitrogens with zero attached hydrogens (tertiary/aromatic N) is 2. The zero-order chi connectivity index (χ0) is 26.2. The predicted octanol–water partition coefficient (Wildman–Crippen LogP) is 5.75. The molecule has 198 valence electrons. The van der Waals surface area contributed by atoms with Crippen LogP contribution in [0.3, 0.4) is 0 Å². The van der Waals surface area contributed by atoms with E-state index in [-0.39, 0.29) is 17.5 Å². The first-order valence-electron chi connectivity index (χ1n) is 14.1. The van der Waals surface area contributed by atoms with E-state index in [1.54, 1.807) is 6.92 Å². The molecular formula is C31H41N3O3. The Kier molecular flexibility index (Phi) is 9.62. The van der Waals surface area contributed by atoms with Crippen molar-refractivity contribution in [3.8, 4) is 0 Å². The van der Waals surface area contributed by atoms with Gasteiger partial charge in [-0.3, -0.25) is 19.3 Å². The number of aromatic nitrogens is 1. The number of unbranched alkanes of at least 4 members (excludes halogenated alkanes) is 1. The number of aryl methyl sites for hydroxylation is 2. The van der Waals surface area contributed by atoms with E-state index in [2.05, 4.69) is 22.3 Å². The highest BCUT2D eigenvalue weighted by molar-refractivity contribution is 5.99. The Hall–Kier alpha value is -2.86. The fourth-order valence-corrected chi connectivity index (χ4v) is 5.82. The quantitative estimate of drug-likeness (QED) is 0.294. The normalized spacial score (nSPS) is 17.0. The highest BCUT2D eigenvalue weighted by Crippen LogP contribution is 2.31. The lowest BCUT2D eigenvalue weighted by Crippen LogP contribution is -2.41. The van der Waals surface area contributed by atoms with Crippen LogP contribution < -0.4 is 5.32 Å². The topological polar surface area (TPSA) is 79.4 Å². The highest BCUT2D eigenvalue weighted by atomic mass is 16.1. The summed E-state index contributed by atoms with van der Waals surface area (Å²) in [5.41, 5.74) is 3.87. The Morgan fingerprint density at radius 1 is 1.05 bits per heavy atom. The van der Waals surface area contributed by atoms with Gasteiger partial charge in [0, 0.05) is 36.6 Å². The maximum absolute atomic E-state index is 12.9. The van der Waals surface area contributed by atoms with E-state index >= 15 is 0 Å². The molecule has 0 radical (unpaired) electrons. The monoisotopic (exact) mass is 503 g/mol. The molecule has 2 aliphatic rings. The molecule has 37 heavy (non-hydrogen) atoms. The fourth-order valence-electron chi connectivity index (χ4n) is 5.82. The number of likely N-dealkylation sites (tertiary alicyclic amines) is 1. The van der Waals surface area contributed by atoms with Crippen LogP contribution in [-0.4, -0.2) is 46.9 Å². The zero-order valence-electron chi connectivity index (χ0n) is 22.4. The molecule has 1 aromatic carbocycles. The number of anilines is 1. The molecule has 0 amide bonds. The van der Waals surface area contributed by atoms with Gasteiger partial charge in [-0.15, -0.1) is 0 Å². The van der Waals surface area contributed by atoms with Crippen LogP contribution in [0.5, 0.6) is 0 Å². The average Bonchev–Trinajstić information content (AvgIpc) is 2.91. The number of benzene rings is 1. The number of Topliss-reactive ketones (excluding diaryl/α,β-unsaturated/α-hetero) is 3. The summed E-state index contributed by atoms with van der Waals surface area (Å²) in [6.07, 6.45) is 8.42. The summed E-state index contributed by atoms with van der Waals surface area (Å²) in [6, 6.07) is 11.4. The lowest BCUT2D eigenvalue weighted by atomic mass is 9.87. The number of rotatable bonds is 12. The second-order valence-electron chi connectivity index (χ2n) is 10.6. The van der Waals surface area contributed by atoms with Gasteiger partial charge in [0.1, 0.15) is 11.6 Å². The number of hydrogen-bond donors (Lipinski definition) is 1. The van der Waals surface area contributed by atoms with Crippen molar-refractivity contribution in [3.05, 3.63) is 58.8 Å². The summed E-state index contributed by atoms with van der Waals surface area (Å²) in [5.74, 6) is 1.58. The van der Waals surface area contributed by atoms with Crippen LogP contribution in [0.25, 0.3) is 0 Å². The lowest BCUT2D eigenvalue weighted by molar-refractivity contribution is -0.126. The van der Waals surface area contributed by atoms with Crippen molar-refractivity contribution in [2.45, 2.75) is 84.1 Å². The van der Waals surface area contributed by atoms with E-state index in [9.17, 15) is 14.4 Å². The minimum atomic E-state index is -0.424. The van der Waals surface area contributed by atoms with Gasteiger partial charge < -0.3 is 5.32 Å². The Morgan fingerprint density at radius 3 is 2.59 bits per heavy atom. The van der Waals surface area contributed by atoms with Crippen LogP contribution >= 0.6 is 0 Å². The smallest absolute Gasteiger partial charge is 0.163 e. The molecule has 1 unspecified atom stereocenters. The number of carbonyl (C=O) groups excluding carboxylic acids is 3. The summed E-state index contributed by atoms with van der Waals surface area (Å²) in [5, 5.41) is 3.39. The van der Waals surface area contributed by atoms with E-state index in [0.717, 1.165) is 75.0 Å². The molecule has 0 spiro atoms. The zero-order valence-corrected chi connectivity index (χ0v) is 22.4. The maximum Gasteiger partial charge on any atom is 0.163 e. The highest BCUT2D eigenvalue weighted by Gasteiger charge is 2.33. The summed E-state index contributed by atoms with van der Waals surface area (Å²) < 4.78 is 0. The Morgan fingerprint density at radius 2 is 1.84 bits per heavy atom. The minimum absolute atomic E-state index is 0.0486. The van der Waals surface area contributed by atoms with Crippen molar-refractivity contribution in [1.29, 1.82) is 0 Å². The van der Waals surface area contributed by atoms with Crippen LogP contribution in [0, 0.1) is 5.92 Å². The number of hydrogen-bond acceptors (Lipinski definition) is 6. The number of nitrogens with one attached hydrogen (secondary N) is 1. The van der Waals surface area contributed by atoms with Gasteiger partial charge >= 0.3 is 0 Å². The van der Waals surface area contributed by atoms with Gasteiger partial charge in [0.2, 0.25) is 0 Å². The third kappa shape index (κ3) is 6.92. The Labute approximate surface area is 221 Å². The van der Waals surface area contributed by atoms with Gasteiger partial charge in [0.05, 0.1) is 6.04 Å². The Bertz CT molecular complexity index is 1100. The van der Waals surface area contributed by atoms with Crippen molar-refractivity contribution < 1.29 is 14.4 Å². The SMILES string of the molecule is CCCC(=O)c1ccccc1C(C(C)=O)N1CCC(C(=O)CCCCc2ccc3c(n2)NCCC3)CC1. The van der Waals surface area contributed by atoms with Gasteiger partial charge in [-0.1, -0.05) is 37.3 Å². The summed E-state index contributed by atoms with van der Waals surface area (Å²) in [6.45, 7) is 5.99. The van der Waals surface area contributed by atoms with Gasteiger partial charge in [0.25, 0.3) is 0 Å². The van der Waals surface area contributed by atoms with E-state index in [1.807, 2.05) is 31.2 Å². The minimum Gasteiger partial charge on any atom is -0.370 e. The van der Waals surface area contributed by atoms with E-state index in [0.29, 0.717) is 37.3 Å². The molecule has 4 rings (SSSR count). The molecule has 1 saturated heterocycles. The number of carbonyl (C=O) groups is 3. The second-order valence-corrected chi connectivity index (χ2v) is 10.6. The van der Waals surface area contributed by atoms with E-state index in [1.165, 1.54) is 5.56 Å². The second kappa shape index (κ2) is 13.1. The average molecular weight is 504 g/mol. The molecule has 2 aliphatic heterocycles. The molecule has 1 aromatic heterocycles. The third-order valence-electron chi connectivity index (χ3n) is 7.83. The lowest BCUT2D eigenvalue weighted by Gasteiger charge is -2.36. The van der Waals surface area contributed by atoms with Gasteiger partial charge in [-0.25, -0.2) is 4.98 Å². The van der Waals surface area contributed by atoms with Crippen LogP contribution in [0.15, 0.2) is 36.4 Å². The van der Waals surface area contributed by atoms with Gasteiger partial charge in [0.15, 0.2) is 11.6 Å². The number of ketones is 3. The first-order valence-corrected chi connectivity index (χ1v) is 14.1. The van der Waals surface area contributed by atoms with Crippen LogP contribution in [0.1, 0.15) is 98.4 Å². The summed E-state index contributed by atoms with van der Waals surface area (Å²) in [4.78, 5) is 45.3. The first-order chi connectivity index (χ1) is 18.0. The van der Waals surface area contributed by atoms with Crippen molar-refractivity contribution in [1.82, 2.24) is 9.88 Å². The van der Waals surface area contributed by atoms with Gasteiger partial charge in [-0.2, -0.15) is 0 Å². The molecule has 0 saturated carbocycles. The standard InChI is InChI=1S/C31H41N3O3/c1-3-9-29(37)26-12-5-6-13-27(26)30(22(2)35)34-20-17-23(18-21-34)28(36)14-7-4-11-25-16-15-24-10-8-19-32-31(24)33-25/h5-6,12-13,15-16,23,30H,3-4,7-11,14,17-21H2,1-2H3,(H,32,33). The molecule has 1 N–H and O–H groups in total. The molecule has 0 aliphatic carbocycles. The maximum atomic E-state index is 12.9. The van der Waals surface area contributed by atoms with Crippen molar-refractivity contribution in [2.75, 3.05) is 25.0 Å². The van der Waals surface area contributed by atoms with Crippen molar-refractivity contribution in [3.63, 3.8) is 0 Å². The van der Waals surface area contributed by atoms with Crippen LogP contribution in [0.4, 0.5) is 5.82 Å². The van der Waals surface area contributed by atoms with Crippen LogP contribution in [-0.2, 0) is 22.4 Å². The number of fused-ring (bicyclic) bond motifs is 1. The fraction of sp³-hybridized carbons (Fsp3) is 0.548. The molecule has 6 heteroatoms. The predicted molar refractivity (Wildman–Crippen MR) is 147 cm³/mol.